The smallest absolute Gasteiger partial charge is 0.331 e. The SMILES string of the molecule is Cc1ccc(/C=C/C(=O)OC2CC3CCC2(C)C3(C)C)s1. The second-order valence-corrected chi connectivity index (χ2v) is 8.64. The van der Waals surface area contributed by atoms with Crippen LogP contribution in [0, 0.1) is 23.7 Å². The number of carbonyl (C=O) groups excluding carboxylic acids is 1. The average molecular weight is 304 g/mol. The Bertz CT molecular complexity index is 584. The van der Waals surface area contributed by atoms with E-state index in [4.69, 9.17) is 4.74 Å². The molecule has 0 aromatic carbocycles. The fourth-order valence-electron chi connectivity index (χ4n) is 4.18. The van der Waals surface area contributed by atoms with Crippen LogP contribution < -0.4 is 0 Å². The summed E-state index contributed by atoms with van der Waals surface area (Å²) in [6.07, 6.45) is 7.00. The van der Waals surface area contributed by atoms with Gasteiger partial charge in [0.25, 0.3) is 0 Å². The number of esters is 1. The van der Waals surface area contributed by atoms with Crippen LogP contribution in [0.25, 0.3) is 6.08 Å². The van der Waals surface area contributed by atoms with E-state index in [2.05, 4.69) is 33.8 Å². The lowest BCUT2D eigenvalue weighted by Gasteiger charge is -2.38. The lowest BCUT2D eigenvalue weighted by Crippen LogP contribution is -2.38. The number of hydrogen-bond acceptors (Lipinski definition) is 3. The lowest BCUT2D eigenvalue weighted by molar-refractivity contribution is -0.150. The monoisotopic (exact) mass is 304 g/mol. The largest absolute Gasteiger partial charge is 0.459 e. The molecule has 3 atom stereocenters. The topological polar surface area (TPSA) is 26.3 Å². The van der Waals surface area contributed by atoms with E-state index in [1.54, 1.807) is 17.4 Å². The third-order valence-corrected chi connectivity index (χ3v) is 7.08. The molecule has 3 rings (SSSR count). The first-order valence-corrected chi connectivity index (χ1v) is 8.60. The van der Waals surface area contributed by atoms with Crippen LogP contribution in [-0.4, -0.2) is 12.1 Å². The van der Waals surface area contributed by atoms with Crippen molar-refractivity contribution < 1.29 is 9.53 Å². The maximum atomic E-state index is 12.1. The van der Waals surface area contributed by atoms with Gasteiger partial charge in [0.15, 0.2) is 0 Å². The lowest BCUT2D eigenvalue weighted by atomic mass is 9.70. The molecule has 0 saturated heterocycles. The van der Waals surface area contributed by atoms with Gasteiger partial charge in [-0.1, -0.05) is 20.8 Å². The first-order valence-electron chi connectivity index (χ1n) is 7.78. The number of carbonyl (C=O) groups is 1. The van der Waals surface area contributed by atoms with E-state index in [9.17, 15) is 4.79 Å². The van der Waals surface area contributed by atoms with E-state index in [0.717, 1.165) is 11.3 Å². The number of fused-ring (bicyclic) bond motifs is 2. The molecule has 1 aromatic rings. The maximum absolute atomic E-state index is 12.1. The van der Waals surface area contributed by atoms with Crippen LogP contribution in [0.1, 0.15) is 49.8 Å². The Kier molecular flexibility index (Phi) is 3.52. The van der Waals surface area contributed by atoms with Gasteiger partial charge in [-0.15, -0.1) is 11.3 Å². The molecule has 0 amide bonds. The Hall–Kier alpha value is -1.09. The molecule has 2 aliphatic carbocycles. The predicted octanol–water partition coefficient (Wildman–Crippen LogP) is 4.83. The minimum absolute atomic E-state index is 0.0773. The minimum Gasteiger partial charge on any atom is -0.459 e. The van der Waals surface area contributed by atoms with Crippen molar-refractivity contribution in [2.45, 2.75) is 53.1 Å². The molecule has 2 aliphatic rings. The molecule has 3 unspecified atom stereocenters. The molecule has 3 heteroatoms. The van der Waals surface area contributed by atoms with E-state index in [-0.39, 0.29) is 22.9 Å². The normalized spacial score (nSPS) is 33.7. The van der Waals surface area contributed by atoms with Crippen molar-refractivity contribution in [1.29, 1.82) is 0 Å². The van der Waals surface area contributed by atoms with Gasteiger partial charge in [-0.25, -0.2) is 4.79 Å². The quantitative estimate of drug-likeness (QED) is 0.590. The van der Waals surface area contributed by atoms with Crippen molar-refractivity contribution in [2.75, 3.05) is 0 Å². The van der Waals surface area contributed by atoms with Crippen molar-refractivity contribution in [3.05, 3.63) is 28.0 Å². The van der Waals surface area contributed by atoms with Crippen molar-refractivity contribution in [3.8, 4) is 0 Å². The van der Waals surface area contributed by atoms with Gasteiger partial charge in [0.05, 0.1) is 0 Å². The Morgan fingerprint density at radius 2 is 2.14 bits per heavy atom. The molecule has 1 aromatic heterocycles. The average Bonchev–Trinajstić information content (AvgIpc) is 2.98. The molecular formula is C18H24O2S. The highest BCUT2D eigenvalue weighted by Gasteiger charge is 2.62. The van der Waals surface area contributed by atoms with Crippen LogP contribution >= 0.6 is 11.3 Å². The molecule has 114 valence electrons. The summed E-state index contributed by atoms with van der Waals surface area (Å²) in [4.78, 5) is 14.5. The summed E-state index contributed by atoms with van der Waals surface area (Å²) in [6.45, 7) is 9.04. The van der Waals surface area contributed by atoms with Gasteiger partial charge in [-0.05, 0) is 55.7 Å². The van der Waals surface area contributed by atoms with Gasteiger partial charge in [0.2, 0.25) is 0 Å². The minimum atomic E-state index is -0.198. The van der Waals surface area contributed by atoms with Crippen LogP contribution in [-0.2, 0) is 9.53 Å². The van der Waals surface area contributed by atoms with Crippen molar-refractivity contribution in [2.24, 2.45) is 16.7 Å². The van der Waals surface area contributed by atoms with Crippen molar-refractivity contribution >= 4 is 23.4 Å². The molecule has 2 saturated carbocycles. The predicted molar refractivity (Wildman–Crippen MR) is 87.2 cm³/mol. The fourth-order valence-corrected chi connectivity index (χ4v) is 4.96. The fraction of sp³-hybridized carbons (Fsp3) is 0.611. The first kappa shape index (κ1) is 14.8. The van der Waals surface area contributed by atoms with E-state index in [1.807, 2.05) is 12.1 Å². The molecule has 2 bridgehead atoms. The molecule has 0 radical (unpaired) electrons. The van der Waals surface area contributed by atoms with E-state index in [0.29, 0.717) is 5.92 Å². The molecule has 1 heterocycles. The third-order valence-electron chi connectivity index (χ3n) is 6.12. The highest BCUT2D eigenvalue weighted by molar-refractivity contribution is 7.12. The summed E-state index contributed by atoms with van der Waals surface area (Å²) in [5, 5.41) is 0. The number of rotatable bonds is 3. The molecule has 2 nitrogen and oxygen atoms in total. The van der Waals surface area contributed by atoms with Crippen molar-refractivity contribution in [1.82, 2.24) is 0 Å². The zero-order chi connectivity index (χ0) is 15.3. The first-order chi connectivity index (χ1) is 9.83. The highest BCUT2D eigenvalue weighted by Crippen LogP contribution is 2.66. The summed E-state index contributed by atoms with van der Waals surface area (Å²) < 4.78 is 5.79. The Morgan fingerprint density at radius 3 is 2.67 bits per heavy atom. The van der Waals surface area contributed by atoms with Gasteiger partial charge in [0.1, 0.15) is 6.10 Å². The molecule has 21 heavy (non-hydrogen) atoms. The third kappa shape index (κ3) is 2.36. The number of thiophene rings is 1. The van der Waals surface area contributed by atoms with E-state index < -0.39 is 0 Å². The maximum Gasteiger partial charge on any atom is 0.331 e. The van der Waals surface area contributed by atoms with E-state index in [1.165, 1.54) is 17.7 Å². The molecule has 0 spiro atoms. The highest BCUT2D eigenvalue weighted by atomic mass is 32.1. The Balaban J connectivity index is 1.65. The number of ether oxygens (including phenoxy) is 1. The Labute approximate surface area is 131 Å². The zero-order valence-corrected chi connectivity index (χ0v) is 14.1. The van der Waals surface area contributed by atoms with Gasteiger partial charge in [0, 0.05) is 21.2 Å². The van der Waals surface area contributed by atoms with Crippen molar-refractivity contribution in [3.63, 3.8) is 0 Å². The van der Waals surface area contributed by atoms with Crippen LogP contribution in [0.3, 0.4) is 0 Å². The van der Waals surface area contributed by atoms with Crippen LogP contribution in [0.2, 0.25) is 0 Å². The standard InChI is InChI=1S/C18H24O2S/c1-12-5-6-14(21-12)7-8-16(19)20-15-11-13-9-10-18(15,4)17(13,2)3/h5-8,13,15H,9-11H2,1-4H3/b8-7+. The Morgan fingerprint density at radius 1 is 1.38 bits per heavy atom. The van der Waals surface area contributed by atoms with Gasteiger partial charge in [-0.3, -0.25) is 0 Å². The van der Waals surface area contributed by atoms with Gasteiger partial charge in [-0.2, -0.15) is 0 Å². The summed E-state index contributed by atoms with van der Waals surface area (Å²) >= 11 is 1.69. The summed E-state index contributed by atoms with van der Waals surface area (Å²) in [5.74, 6) is 0.500. The van der Waals surface area contributed by atoms with Crippen LogP contribution in [0.4, 0.5) is 0 Å². The van der Waals surface area contributed by atoms with Gasteiger partial charge >= 0.3 is 5.97 Å². The van der Waals surface area contributed by atoms with Gasteiger partial charge < -0.3 is 4.74 Å². The van der Waals surface area contributed by atoms with Crippen LogP contribution in [0.5, 0.6) is 0 Å². The molecule has 2 fully saturated rings. The number of aryl methyl sites for hydroxylation is 1. The van der Waals surface area contributed by atoms with E-state index >= 15 is 0 Å². The number of hydrogen-bond donors (Lipinski definition) is 0. The van der Waals surface area contributed by atoms with Crippen LogP contribution in [0.15, 0.2) is 18.2 Å². The zero-order valence-electron chi connectivity index (χ0n) is 13.3. The summed E-state index contributed by atoms with van der Waals surface area (Å²) in [7, 11) is 0. The summed E-state index contributed by atoms with van der Waals surface area (Å²) in [5.41, 5.74) is 0.424. The molecule has 0 N–H and O–H groups in total. The second-order valence-electron chi connectivity index (χ2n) is 7.32. The molecular weight excluding hydrogens is 280 g/mol. The summed E-state index contributed by atoms with van der Waals surface area (Å²) in [6, 6.07) is 4.10. The molecule has 0 aliphatic heterocycles. The second kappa shape index (κ2) is 4.98.